The van der Waals surface area contributed by atoms with Gasteiger partial charge in [0.25, 0.3) is 0 Å². The number of hydrogen-bond acceptors (Lipinski definition) is 8. The van der Waals surface area contributed by atoms with Gasteiger partial charge in [-0.3, -0.25) is 0 Å². The first-order valence-electron chi connectivity index (χ1n) is 13.5. The molecule has 2 aliphatic rings. The molecular weight excluding hydrogens is 596 g/mol. The van der Waals surface area contributed by atoms with Crippen LogP contribution >= 0.6 is 15.9 Å². The SMILES string of the molecule is CCOC(=O)c1ccc(NC2=Nc3ccccc3N3C2=Nc2c(c(C)nn2-c2ccccc2)C3c2ccc(Br)o2)cc1. The van der Waals surface area contributed by atoms with Crippen LogP contribution in [0.2, 0.25) is 0 Å². The summed E-state index contributed by atoms with van der Waals surface area (Å²) in [4.78, 5) is 24.6. The number of ether oxygens (including phenoxy) is 1. The standard InChI is InChI=1S/C32H25BrN6O3/c1-3-41-32(40)20-13-15-21(16-14-20)34-29-31-36-30-27(19(2)37-39(30)22-9-5-4-6-10-22)28(25-17-18-26(33)42-25)38(31)24-12-8-7-11-23(24)35-29/h4-18,28H,3H2,1-2H3,(H,34,35). The van der Waals surface area contributed by atoms with Crippen molar-refractivity contribution in [2.24, 2.45) is 9.98 Å². The van der Waals surface area contributed by atoms with E-state index in [2.05, 4.69) is 26.1 Å². The maximum absolute atomic E-state index is 12.2. The van der Waals surface area contributed by atoms with E-state index in [0.29, 0.717) is 34.3 Å². The van der Waals surface area contributed by atoms with Crippen molar-refractivity contribution in [3.8, 4) is 5.69 Å². The zero-order valence-corrected chi connectivity index (χ0v) is 24.4. The summed E-state index contributed by atoms with van der Waals surface area (Å²) in [5.41, 5.74) is 5.60. The molecule has 1 atom stereocenters. The summed E-state index contributed by atoms with van der Waals surface area (Å²) >= 11 is 3.50. The highest BCUT2D eigenvalue weighted by molar-refractivity contribution is 9.10. The molecule has 0 saturated heterocycles. The molecule has 4 heterocycles. The summed E-state index contributed by atoms with van der Waals surface area (Å²) in [5, 5.41) is 8.38. The fraction of sp³-hybridized carbons (Fsp3) is 0.125. The number of rotatable bonds is 5. The van der Waals surface area contributed by atoms with Gasteiger partial charge in [-0.2, -0.15) is 5.10 Å². The van der Waals surface area contributed by atoms with E-state index in [1.165, 1.54) is 0 Å². The Morgan fingerprint density at radius 2 is 1.74 bits per heavy atom. The lowest BCUT2D eigenvalue weighted by atomic mass is 9.98. The number of esters is 1. The molecule has 0 spiro atoms. The van der Waals surface area contributed by atoms with Gasteiger partial charge in [0.05, 0.1) is 40.5 Å². The number of fused-ring (bicyclic) bond motifs is 4. The maximum Gasteiger partial charge on any atom is 0.338 e. The minimum Gasteiger partial charge on any atom is -0.462 e. The summed E-state index contributed by atoms with van der Waals surface area (Å²) in [6, 6.07) is 28.5. The second-order valence-corrected chi connectivity index (χ2v) is 10.6. The smallest absolute Gasteiger partial charge is 0.338 e. The van der Waals surface area contributed by atoms with Gasteiger partial charge >= 0.3 is 5.97 Å². The van der Waals surface area contributed by atoms with Crippen LogP contribution in [0.1, 0.15) is 40.3 Å². The van der Waals surface area contributed by atoms with Crippen molar-refractivity contribution in [1.82, 2.24) is 9.78 Å². The molecule has 5 aromatic rings. The van der Waals surface area contributed by atoms with E-state index < -0.39 is 0 Å². The van der Waals surface area contributed by atoms with Crippen LogP contribution < -0.4 is 10.2 Å². The fourth-order valence-corrected chi connectivity index (χ4v) is 5.65. The molecule has 0 aliphatic carbocycles. The number of aromatic nitrogens is 2. The fourth-order valence-electron chi connectivity index (χ4n) is 5.33. The van der Waals surface area contributed by atoms with Gasteiger partial charge in [-0.1, -0.05) is 30.3 Å². The van der Waals surface area contributed by atoms with Gasteiger partial charge < -0.3 is 19.4 Å². The average molecular weight is 621 g/mol. The van der Waals surface area contributed by atoms with Crippen LogP contribution in [0.5, 0.6) is 0 Å². The lowest BCUT2D eigenvalue weighted by Gasteiger charge is -2.39. The zero-order chi connectivity index (χ0) is 28.8. The monoisotopic (exact) mass is 620 g/mol. The first kappa shape index (κ1) is 26.0. The van der Waals surface area contributed by atoms with Crippen molar-refractivity contribution in [2.45, 2.75) is 19.9 Å². The van der Waals surface area contributed by atoms with Gasteiger partial charge in [0, 0.05) is 5.69 Å². The normalized spacial score (nSPS) is 15.2. The quantitative estimate of drug-likeness (QED) is 0.204. The number of nitrogens with one attached hydrogen (secondary N) is 1. The Morgan fingerprint density at radius 1 is 0.976 bits per heavy atom. The van der Waals surface area contributed by atoms with E-state index in [0.717, 1.165) is 39.8 Å². The molecule has 0 amide bonds. The Kier molecular flexibility index (Phi) is 6.47. The molecule has 7 rings (SSSR count). The zero-order valence-electron chi connectivity index (χ0n) is 22.8. The van der Waals surface area contributed by atoms with E-state index in [1.54, 1.807) is 19.1 Å². The highest BCUT2D eigenvalue weighted by atomic mass is 79.9. The van der Waals surface area contributed by atoms with Crippen molar-refractivity contribution in [2.75, 3.05) is 16.8 Å². The first-order chi connectivity index (χ1) is 20.5. The molecule has 0 bridgehead atoms. The Hall–Kier alpha value is -4.96. The topological polar surface area (TPSA) is 97.2 Å². The predicted octanol–water partition coefficient (Wildman–Crippen LogP) is 7.51. The number of anilines is 2. The Bertz CT molecular complexity index is 1870. The second kappa shape index (κ2) is 10.5. The molecule has 2 aromatic heterocycles. The van der Waals surface area contributed by atoms with Gasteiger partial charge in [-0.25, -0.2) is 19.5 Å². The number of aryl methyl sites for hydroxylation is 1. The van der Waals surface area contributed by atoms with Gasteiger partial charge in [0.2, 0.25) is 0 Å². The van der Waals surface area contributed by atoms with Crippen molar-refractivity contribution in [3.63, 3.8) is 0 Å². The largest absolute Gasteiger partial charge is 0.462 e. The van der Waals surface area contributed by atoms with Crippen molar-refractivity contribution >= 4 is 56.5 Å². The molecule has 0 saturated carbocycles. The Labute approximate surface area is 250 Å². The third-order valence-corrected chi connectivity index (χ3v) is 7.59. The predicted molar refractivity (Wildman–Crippen MR) is 166 cm³/mol. The third kappa shape index (κ3) is 4.40. The lowest BCUT2D eigenvalue weighted by Crippen LogP contribution is -2.46. The van der Waals surface area contributed by atoms with Crippen LogP contribution in [0, 0.1) is 6.92 Å². The number of hydrogen-bond donors (Lipinski definition) is 1. The number of para-hydroxylation sites is 3. The molecule has 0 fully saturated rings. The molecule has 9 nitrogen and oxygen atoms in total. The van der Waals surface area contributed by atoms with Gasteiger partial charge in [0.15, 0.2) is 22.2 Å². The van der Waals surface area contributed by atoms with Crippen molar-refractivity contribution in [1.29, 1.82) is 0 Å². The highest BCUT2D eigenvalue weighted by Gasteiger charge is 2.42. The molecular formula is C32H25BrN6O3. The minimum absolute atomic E-state index is 0.319. The number of benzene rings is 3. The lowest BCUT2D eigenvalue weighted by molar-refractivity contribution is 0.0526. The van der Waals surface area contributed by atoms with E-state index in [4.69, 9.17) is 24.2 Å². The van der Waals surface area contributed by atoms with Crippen LogP contribution in [0.3, 0.4) is 0 Å². The number of furan rings is 1. The number of nitrogens with zero attached hydrogens (tertiary/aromatic N) is 5. The maximum atomic E-state index is 12.2. The second-order valence-electron chi connectivity index (χ2n) is 9.79. The highest BCUT2D eigenvalue weighted by Crippen LogP contribution is 2.48. The van der Waals surface area contributed by atoms with Crippen molar-refractivity contribution in [3.05, 3.63) is 118 Å². The molecule has 10 heteroatoms. The molecule has 42 heavy (non-hydrogen) atoms. The molecule has 3 aromatic carbocycles. The average Bonchev–Trinajstić information content (AvgIpc) is 3.59. The van der Waals surface area contributed by atoms with E-state index in [-0.39, 0.29) is 12.0 Å². The number of carbonyl (C=O) groups is 1. The van der Waals surface area contributed by atoms with E-state index in [1.807, 2.05) is 90.5 Å². The number of amidine groups is 2. The molecule has 1 N–H and O–H groups in total. The number of carbonyl (C=O) groups excluding carboxylic acids is 1. The van der Waals surface area contributed by atoms with Gasteiger partial charge in [-0.05, 0) is 90.4 Å². The molecule has 208 valence electrons. The first-order valence-corrected chi connectivity index (χ1v) is 14.3. The Morgan fingerprint density at radius 3 is 2.48 bits per heavy atom. The summed E-state index contributed by atoms with van der Waals surface area (Å²) in [6.45, 7) is 4.10. The van der Waals surface area contributed by atoms with Crippen molar-refractivity contribution < 1.29 is 13.9 Å². The van der Waals surface area contributed by atoms with Crippen LogP contribution in [-0.4, -0.2) is 34.0 Å². The molecule has 0 radical (unpaired) electrons. The van der Waals surface area contributed by atoms with Crippen LogP contribution in [0.25, 0.3) is 5.69 Å². The third-order valence-electron chi connectivity index (χ3n) is 7.16. The van der Waals surface area contributed by atoms with Crippen LogP contribution in [-0.2, 0) is 4.74 Å². The Balaban J connectivity index is 1.41. The molecule has 2 aliphatic heterocycles. The van der Waals surface area contributed by atoms with Gasteiger partial charge in [-0.15, -0.1) is 0 Å². The van der Waals surface area contributed by atoms with Gasteiger partial charge in [0.1, 0.15) is 11.8 Å². The van der Waals surface area contributed by atoms with E-state index in [9.17, 15) is 4.79 Å². The minimum atomic E-state index is -0.365. The molecule has 1 unspecified atom stereocenters. The number of halogens is 1. The van der Waals surface area contributed by atoms with Crippen LogP contribution in [0.15, 0.2) is 110 Å². The summed E-state index contributed by atoms with van der Waals surface area (Å²) in [5.74, 6) is 2.25. The van der Waals surface area contributed by atoms with E-state index >= 15 is 0 Å². The van der Waals surface area contributed by atoms with Crippen LogP contribution in [0.4, 0.5) is 22.9 Å². The number of aliphatic imine (C=N–C) groups is 2. The summed E-state index contributed by atoms with van der Waals surface area (Å²) in [6.07, 6.45) is 0. The summed E-state index contributed by atoms with van der Waals surface area (Å²) in [7, 11) is 0. The summed E-state index contributed by atoms with van der Waals surface area (Å²) < 4.78 is 13.8.